The van der Waals surface area contributed by atoms with Crippen molar-refractivity contribution in [2.45, 2.75) is 44.3 Å². The minimum Gasteiger partial charge on any atom is -0.383 e. The van der Waals surface area contributed by atoms with Crippen LogP contribution in [-0.2, 0) is 28.9 Å². The average molecular weight is 377 g/mol. The van der Waals surface area contributed by atoms with Gasteiger partial charge in [0.05, 0.1) is 12.4 Å². The Morgan fingerprint density at radius 1 is 1.23 bits per heavy atom. The van der Waals surface area contributed by atoms with Crippen LogP contribution in [-0.4, -0.2) is 46.7 Å². The van der Waals surface area contributed by atoms with Crippen LogP contribution in [0.15, 0.2) is 35.5 Å². The van der Waals surface area contributed by atoms with Gasteiger partial charge in [-0.25, -0.2) is 0 Å². The van der Waals surface area contributed by atoms with E-state index in [0.29, 0.717) is 18.9 Å². The number of nitrogens with one attached hydrogen (secondary N) is 1. The number of hydrogen-bond donors (Lipinski definition) is 1. The first kappa shape index (κ1) is 20.5. The second-order valence-corrected chi connectivity index (χ2v) is 6.96. The zero-order chi connectivity index (χ0) is 18.6. The molecule has 2 aromatic rings. The standard InChI is InChI=1S/C19H28N4O2S/c1-3-4-12-20-18(24)15-26-19-22-21-17(23(19)13-14-25-2)11-10-16-8-6-5-7-9-16/h5-9H,3-4,10-15H2,1-2H3,(H,20,24). The Kier molecular flexibility index (Phi) is 9.20. The van der Waals surface area contributed by atoms with E-state index in [-0.39, 0.29) is 5.91 Å². The Labute approximate surface area is 159 Å². The third-order valence-electron chi connectivity index (χ3n) is 3.98. The fraction of sp³-hybridized carbons (Fsp3) is 0.526. The van der Waals surface area contributed by atoms with Crippen molar-refractivity contribution in [3.8, 4) is 0 Å². The van der Waals surface area contributed by atoms with Crippen molar-refractivity contribution in [1.29, 1.82) is 0 Å². The van der Waals surface area contributed by atoms with Crippen LogP contribution in [0.1, 0.15) is 31.2 Å². The molecule has 0 radical (unpaired) electrons. The summed E-state index contributed by atoms with van der Waals surface area (Å²) in [5.74, 6) is 1.32. The molecule has 142 valence electrons. The molecule has 0 saturated carbocycles. The predicted octanol–water partition coefficient (Wildman–Crippen LogP) is 2.72. The van der Waals surface area contributed by atoms with Gasteiger partial charge in [-0.1, -0.05) is 55.4 Å². The Morgan fingerprint density at radius 3 is 2.77 bits per heavy atom. The first-order valence-electron chi connectivity index (χ1n) is 9.09. The Balaban J connectivity index is 1.95. The smallest absolute Gasteiger partial charge is 0.230 e. The number of carbonyl (C=O) groups is 1. The Morgan fingerprint density at radius 2 is 2.04 bits per heavy atom. The largest absolute Gasteiger partial charge is 0.383 e. The van der Waals surface area contributed by atoms with Crippen molar-refractivity contribution >= 4 is 17.7 Å². The second kappa shape index (κ2) is 11.7. The van der Waals surface area contributed by atoms with Crippen molar-refractivity contribution in [3.63, 3.8) is 0 Å². The Hall–Kier alpha value is -1.86. The summed E-state index contributed by atoms with van der Waals surface area (Å²) in [6, 6.07) is 10.3. The normalized spacial score (nSPS) is 10.8. The van der Waals surface area contributed by atoms with Gasteiger partial charge in [0.1, 0.15) is 5.82 Å². The average Bonchev–Trinajstić information content (AvgIpc) is 3.05. The van der Waals surface area contributed by atoms with E-state index in [1.54, 1.807) is 7.11 Å². The number of thioether (sulfide) groups is 1. The van der Waals surface area contributed by atoms with E-state index in [1.165, 1.54) is 17.3 Å². The minimum atomic E-state index is 0.0376. The number of amides is 1. The molecule has 1 aromatic heterocycles. The maximum atomic E-state index is 11.9. The van der Waals surface area contributed by atoms with Gasteiger partial charge >= 0.3 is 0 Å². The molecule has 0 atom stereocenters. The van der Waals surface area contributed by atoms with Crippen LogP contribution < -0.4 is 5.32 Å². The van der Waals surface area contributed by atoms with Crippen molar-refractivity contribution in [2.75, 3.05) is 26.0 Å². The van der Waals surface area contributed by atoms with E-state index in [2.05, 4.69) is 39.1 Å². The number of hydrogen-bond acceptors (Lipinski definition) is 5. The molecule has 1 N–H and O–H groups in total. The van der Waals surface area contributed by atoms with Gasteiger partial charge in [0.25, 0.3) is 0 Å². The van der Waals surface area contributed by atoms with Gasteiger partial charge < -0.3 is 14.6 Å². The molecule has 0 unspecified atom stereocenters. The molecule has 1 aromatic carbocycles. The highest BCUT2D eigenvalue weighted by Gasteiger charge is 2.14. The molecule has 0 fully saturated rings. The summed E-state index contributed by atoms with van der Waals surface area (Å²) in [5, 5.41) is 12.3. The van der Waals surface area contributed by atoms with E-state index in [9.17, 15) is 4.79 Å². The molecule has 7 heteroatoms. The number of ether oxygens (including phenoxy) is 1. The van der Waals surface area contributed by atoms with Crippen molar-refractivity contribution in [3.05, 3.63) is 41.7 Å². The maximum absolute atomic E-state index is 11.9. The van der Waals surface area contributed by atoms with Crippen LogP contribution in [0.25, 0.3) is 0 Å². The summed E-state index contributed by atoms with van der Waals surface area (Å²) in [4.78, 5) is 11.9. The van der Waals surface area contributed by atoms with Gasteiger partial charge in [0, 0.05) is 26.6 Å². The molecule has 1 heterocycles. The first-order chi connectivity index (χ1) is 12.7. The lowest BCUT2D eigenvalue weighted by Gasteiger charge is -2.10. The summed E-state index contributed by atoms with van der Waals surface area (Å²) in [6.07, 6.45) is 3.80. The minimum absolute atomic E-state index is 0.0376. The van der Waals surface area contributed by atoms with Gasteiger partial charge in [-0.3, -0.25) is 4.79 Å². The molecule has 0 saturated heterocycles. The van der Waals surface area contributed by atoms with Crippen molar-refractivity contribution in [2.24, 2.45) is 0 Å². The summed E-state index contributed by atoms with van der Waals surface area (Å²) >= 11 is 1.43. The molecule has 0 aliphatic heterocycles. The highest BCUT2D eigenvalue weighted by molar-refractivity contribution is 7.99. The fourth-order valence-corrected chi connectivity index (χ4v) is 3.32. The molecule has 1 amide bonds. The molecule has 26 heavy (non-hydrogen) atoms. The van der Waals surface area contributed by atoms with Crippen LogP contribution in [0.4, 0.5) is 0 Å². The van der Waals surface area contributed by atoms with Gasteiger partial charge in [-0.2, -0.15) is 0 Å². The number of carbonyl (C=O) groups excluding carboxylic acids is 1. The second-order valence-electron chi connectivity index (χ2n) is 6.02. The Bertz CT molecular complexity index is 661. The number of nitrogens with zero attached hydrogens (tertiary/aromatic N) is 3. The van der Waals surface area contributed by atoms with Gasteiger partial charge in [-0.05, 0) is 18.4 Å². The van der Waals surface area contributed by atoms with E-state index < -0.39 is 0 Å². The first-order valence-corrected chi connectivity index (χ1v) is 10.1. The van der Waals surface area contributed by atoms with Crippen LogP contribution in [0.3, 0.4) is 0 Å². The SMILES string of the molecule is CCCCNC(=O)CSc1nnc(CCc2ccccc2)n1CCOC. The lowest BCUT2D eigenvalue weighted by atomic mass is 10.1. The molecule has 0 bridgehead atoms. The number of benzene rings is 1. The van der Waals surface area contributed by atoms with Crippen LogP contribution in [0.5, 0.6) is 0 Å². The lowest BCUT2D eigenvalue weighted by molar-refractivity contribution is -0.118. The van der Waals surface area contributed by atoms with Gasteiger partial charge in [0.2, 0.25) is 5.91 Å². The molecule has 6 nitrogen and oxygen atoms in total. The summed E-state index contributed by atoms with van der Waals surface area (Å²) in [5.41, 5.74) is 1.28. The summed E-state index contributed by atoms with van der Waals surface area (Å²) in [7, 11) is 1.68. The van der Waals surface area contributed by atoms with Gasteiger partial charge in [0.15, 0.2) is 5.16 Å². The monoisotopic (exact) mass is 376 g/mol. The molecule has 0 spiro atoms. The molecule has 2 rings (SSSR count). The van der Waals surface area contributed by atoms with Crippen molar-refractivity contribution in [1.82, 2.24) is 20.1 Å². The number of methoxy groups -OCH3 is 1. The predicted molar refractivity (Wildman–Crippen MR) is 104 cm³/mol. The number of aromatic nitrogens is 3. The van der Waals surface area contributed by atoms with E-state index in [1.807, 2.05) is 18.2 Å². The van der Waals surface area contributed by atoms with Crippen molar-refractivity contribution < 1.29 is 9.53 Å². The third kappa shape index (κ3) is 6.80. The highest BCUT2D eigenvalue weighted by Crippen LogP contribution is 2.18. The molecule has 0 aliphatic rings. The number of aryl methyl sites for hydroxylation is 2. The van der Waals surface area contributed by atoms with E-state index in [0.717, 1.165) is 43.2 Å². The number of rotatable bonds is 12. The van der Waals surface area contributed by atoms with E-state index in [4.69, 9.17) is 4.74 Å². The van der Waals surface area contributed by atoms with Gasteiger partial charge in [-0.15, -0.1) is 10.2 Å². The molecular formula is C19H28N4O2S. The molecular weight excluding hydrogens is 348 g/mol. The quantitative estimate of drug-likeness (QED) is 0.456. The third-order valence-corrected chi connectivity index (χ3v) is 4.94. The van der Waals surface area contributed by atoms with Crippen LogP contribution >= 0.6 is 11.8 Å². The zero-order valence-electron chi connectivity index (χ0n) is 15.6. The topological polar surface area (TPSA) is 69.0 Å². The van der Waals surface area contributed by atoms with Crippen LogP contribution in [0, 0.1) is 0 Å². The lowest BCUT2D eigenvalue weighted by Crippen LogP contribution is -2.26. The maximum Gasteiger partial charge on any atom is 0.230 e. The summed E-state index contributed by atoms with van der Waals surface area (Å²) < 4.78 is 7.28. The zero-order valence-corrected chi connectivity index (χ0v) is 16.4. The fourth-order valence-electron chi connectivity index (χ4n) is 2.50. The highest BCUT2D eigenvalue weighted by atomic mass is 32.2. The van der Waals surface area contributed by atoms with Crippen LogP contribution in [0.2, 0.25) is 0 Å². The van der Waals surface area contributed by atoms with E-state index >= 15 is 0 Å². The summed E-state index contributed by atoms with van der Waals surface area (Å²) in [6.45, 7) is 4.12. The molecule has 0 aliphatic carbocycles. The number of unbranched alkanes of at least 4 members (excludes halogenated alkanes) is 1.